The van der Waals surface area contributed by atoms with Gasteiger partial charge in [-0.1, -0.05) is 19.1 Å². The van der Waals surface area contributed by atoms with E-state index in [9.17, 15) is 9.90 Å². The van der Waals surface area contributed by atoms with Crippen LogP contribution < -0.4 is 23.7 Å². The van der Waals surface area contributed by atoms with Crippen molar-refractivity contribution in [1.29, 1.82) is 0 Å². The first-order valence-corrected chi connectivity index (χ1v) is 9.37. The van der Waals surface area contributed by atoms with Gasteiger partial charge in [0.2, 0.25) is 6.79 Å². The number of aryl methyl sites for hydroxylation is 1. The number of hydrogen-bond acceptors (Lipinski definition) is 6. The van der Waals surface area contributed by atoms with Crippen LogP contribution in [0.15, 0.2) is 54.6 Å². The molecule has 3 aromatic rings. The van der Waals surface area contributed by atoms with E-state index < -0.39 is 5.97 Å². The minimum Gasteiger partial charge on any atom is -0.497 e. The number of carboxylic acids is 1. The molecule has 3 aromatic carbocycles. The molecule has 0 bridgehead atoms. The van der Waals surface area contributed by atoms with Crippen LogP contribution in [0.25, 0.3) is 0 Å². The van der Waals surface area contributed by atoms with Crippen molar-refractivity contribution in [3.63, 3.8) is 0 Å². The van der Waals surface area contributed by atoms with Gasteiger partial charge in [0.25, 0.3) is 0 Å². The number of benzene rings is 3. The summed E-state index contributed by atoms with van der Waals surface area (Å²) in [6.07, 6.45) is 0.587. The Balaban J connectivity index is 1.74. The molecule has 0 atom stereocenters. The Morgan fingerprint density at radius 1 is 0.967 bits per heavy atom. The van der Waals surface area contributed by atoms with Crippen LogP contribution in [0.3, 0.4) is 0 Å². The highest BCUT2D eigenvalue weighted by Crippen LogP contribution is 2.41. The molecule has 0 unspecified atom stereocenters. The SMILES string of the molecule is CCc1ccc(Oc2ccc3c(c2)OCO3)c(C(=O)O)c1Oc1cccc(OC)c1. The summed E-state index contributed by atoms with van der Waals surface area (Å²) in [6.45, 7) is 2.07. The number of rotatable bonds is 7. The molecular formula is C23H20O7. The van der Waals surface area contributed by atoms with Gasteiger partial charge in [0, 0.05) is 12.1 Å². The Hall–Kier alpha value is -3.87. The van der Waals surface area contributed by atoms with Crippen LogP contribution in [-0.4, -0.2) is 25.0 Å². The highest BCUT2D eigenvalue weighted by molar-refractivity contribution is 5.95. The predicted molar refractivity (Wildman–Crippen MR) is 108 cm³/mol. The van der Waals surface area contributed by atoms with Crippen LogP contribution in [0.1, 0.15) is 22.8 Å². The molecule has 0 radical (unpaired) electrons. The van der Waals surface area contributed by atoms with Gasteiger partial charge in [0.15, 0.2) is 11.5 Å². The van der Waals surface area contributed by atoms with Gasteiger partial charge in [0.05, 0.1) is 7.11 Å². The zero-order valence-corrected chi connectivity index (χ0v) is 16.5. The zero-order chi connectivity index (χ0) is 21.1. The Labute approximate surface area is 173 Å². The third-order valence-corrected chi connectivity index (χ3v) is 4.63. The summed E-state index contributed by atoms with van der Waals surface area (Å²) in [5, 5.41) is 9.95. The fourth-order valence-corrected chi connectivity index (χ4v) is 3.14. The van der Waals surface area contributed by atoms with Gasteiger partial charge in [0.1, 0.15) is 34.3 Å². The molecular weight excluding hydrogens is 388 g/mol. The Morgan fingerprint density at radius 2 is 1.73 bits per heavy atom. The third-order valence-electron chi connectivity index (χ3n) is 4.63. The van der Waals surface area contributed by atoms with Crippen LogP contribution in [0.4, 0.5) is 0 Å². The number of hydrogen-bond donors (Lipinski definition) is 1. The minimum absolute atomic E-state index is 0.0603. The van der Waals surface area contributed by atoms with Crippen molar-refractivity contribution in [2.24, 2.45) is 0 Å². The molecule has 1 aliphatic rings. The molecule has 1 heterocycles. The molecule has 0 amide bonds. The van der Waals surface area contributed by atoms with Crippen molar-refractivity contribution in [1.82, 2.24) is 0 Å². The van der Waals surface area contributed by atoms with Crippen LogP contribution >= 0.6 is 0 Å². The highest BCUT2D eigenvalue weighted by Gasteiger charge is 2.23. The van der Waals surface area contributed by atoms with E-state index in [2.05, 4.69) is 0 Å². The van der Waals surface area contributed by atoms with Crippen LogP contribution in [0.5, 0.6) is 40.2 Å². The van der Waals surface area contributed by atoms with Crippen molar-refractivity contribution < 1.29 is 33.6 Å². The number of aromatic carboxylic acids is 1. The van der Waals surface area contributed by atoms with Gasteiger partial charge in [-0.3, -0.25) is 0 Å². The van der Waals surface area contributed by atoms with Crippen LogP contribution in [0.2, 0.25) is 0 Å². The minimum atomic E-state index is -1.15. The van der Waals surface area contributed by atoms with Gasteiger partial charge >= 0.3 is 5.97 Å². The monoisotopic (exact) mass is 408 g/mol. The van der Waals surface area contributed by atoms with Crippen molar-refractivity contribution in [2.45, 2.75) is 13.3 Å². The smallest absolute Gasteiger partial charge is 0.343 e. The van der Waals surface area contributed by atoms with E-state index in [1.54, 1.807) is 61.7 Å². The molecule has 0 saturated carbocycles. The van der Waals surface area contributed by atoms with E-state index in [0.29, 0.717) is 35.2 Å². The van der Waals surface area contributed by atoms with Gasteiger partial charge in [-0.15, -0.1) is 0 Å². The van der Waals surface area contributed by atoms with E-state index in [0.717, 1.165) is 5.56 Å². The lowest BCUT2D eigenvalue weighted by molar-refractivity contribution is 0.0691. The Kier molecular flexibility index (Phi) is 5.34. The number of ether oxygens (including phenoxy) is 5. The molecule has 4 rings (SSSR count). The van der Waals surface area contributed by atoms with Crippen molar-refractivity contribution in [2.75, 3.05) is 13.9 Å². The molecule has 0 saturated heterocycles. The first-order chi connectivity index (χ1) is 14.6. The van der Waals surface area contributed by atoms with E-state index in [4.69, 9.17) is 23.7 Å². The standard InChI is InChI=1S/C23H20O7/c1-3-14-7-9-19(29-17-8-10-18-20(12-17)28-13-27-18)21(23(24)25)22(14)30-16-6-4-5-15(11-16)26-2/h4-12H,3,13H2,1-2H3,(H,24,25). The lowest BCUT2D eigenvalue weighted by Gasteiger charge is -2.17. The van der Waals surface area contributed by atoms with E-state index >= 15 is 0 Å². The maximum absolute atomic E-state index is 12.2. The summed E-state index contributed by atoms with van der Waals surface area (Å²) in [6, 6.07) is 15.5. The quantitative estimate of drug-likeness (QED) is 0.570. The van der Waals surface area contributed by atoms with Crippen LogP contribution in [0, 0.1) is 0 Å². The maximum Gasteiger partial charge on any atom is 0.343 e. The number of carboxylic acid groups (broad SMARTS) is 1. The van der Waals surface area contributed by atoms with E-state index in [1.165, 1.54) is 0 Å². The zero-order valence-electron chi connectivity index (χ0n) is 16.5. The number of fused-ring (bicyclic) bond motifs is 1. The fraction of sp³-hybridized carbons (Fsp3) is 0.174. The Bertz CT molecular complexity index is 1090. The highest BCUT2D eigenvalue weighted by atomic mass is 16.7. The largest absolute Gasteiger partial charge is 0.497 e. The molecule has 0 aliphatic carbocycles. The molecule has 1 N–H and O–H groups in total. The van der Waals surface area contributed by atoms with E-state index in [1.807, 2.05) is 6.92 Å². The molecule has 0 fully saturated rings. The molecule has 30 heavy (non-hydrogen) atoms. The first-order valence-electron chi connectivity index (χ1n) is 9.37. The van der Waals surface area contributed by atoms with Gasteiger partial charge in [-0.2, -0.15) is 0 Å². The van der Waals surface area contributed by atoms with Gasteiger partial charge in [-0.05, 0) is 42.3 Å². The topological polar surface area (TPSA) is 83.5 Å². The molecule has 0 aromatic heterocycles. The molecule has 7 nitrogen and oxygen atoms in total. The summed E-state index contributed by atoms with van der Waals surface area (Å²) in [5.74, 6) is 1.90. The number of methoxy groups -OCH3 is 1. The normalized spacial score (nSPS) is 11.8. The lowest BCUT2D eigenvalue weighted by Crippen LogP contribution is -2.06. The molecule has 7 heteroatoms. The summed E-state index contributed by atoms with van der Waals surface area (Å²) < 4.78 is 27.8. The second-order valence-electron chi connectivity index (χ2n) is 6.48. The maximum atomic E-state index is 12.2. The summed E-state index contributed by atoms with van der Waals surface area (Å²) in [7, 11) is 1.55. The molecule has 0 spiro atoms. The fourth-order valence-electron chi connectivity index (χ4n) is 3.14. The summed E-state index contributed by atoms with van der Waals surface area (Å²) in [5.41, 5.74) is 0.683. The van der Waals surface area contributed by atoms with Crippen molar-refractivity contribution in [3.8, 4) is 40.2 Å². The second kappa shape index (κ2) is 8.24. The van der Waals surface area contributed by atoms with Gasteiger partial charge < -0.3 is 28.8 Å². The van der Waals surface area contributed by atoms with Crippen molar-refractivity contribution >= 4 is 5.97 Å². The van der Waals surface area contributed by atoms with E-state index in [-0.39, 0.29) is 23.9 Å². The van der Waals surface area contributed by atoms with Crippen LogP contribution in [-0.2, 0) is 6.42 Å². The predicted octanol–water partition coefficient (Wildman–Crippen LogP) is 5.27. The summed E-state index contributed by atoms with van der Waals surface area (Å²) in [4.78, 5) is 12.2. The third kappa shape index (κ3) is 3.82. The first kappa shape index (κ1) is 19.4. The second-order valence-corrected chi connectivity index (χ2v) is 6.48. The molecule has 154 valence electrons. The summed E-state index contributed by atoms with van der Waals surface area (Å²) >= 11 is 0. The Morgan fingerprint density at radius 3 is 2.50 bits per heavy atom. The number of carbonyl (C=O) groups is 1. The molecule has 1 aliphatic heterocycles. The average molecular weight is 408 g/mol. The lowest BCUT2D eigenvalue weighted by atomic mass is 10.1. The van der Waals surface area contributed by atoms with Crippen molar-refractivity contribution in [3.05, 3.63) is 65.7 Å². The average Bonchev–Trinajstić information content (AvgIpc) is 3.22. The van der Waals surface area contributed by atoms with Gasteiger partial charge in [-0.25, -0.2) is 4.79 Å².